The number of hydrogen-bond donors (Lipinski definition) is 1. The molecule has 0 bridgehead atoms. The first-order valence-electron chi connectivity index (χ1n) is 9.22. The number of benzene rings is 1. The lowest BCUT2D eigenvalue weighted by molar-refractivity contribution is -0.122. The SMILES string of the molecule is Cc1ccc([C@H](C)NC(=O)Cn2ncc3c(C4CC4)nn(C)c3c2=O)cc1. The fourth-order valence-electron chi connectivity index (χ4n) is 3.38. The molecule has 1 amide bonds. The lowest BCUT2D eigenvalue weighted by atomic mass is 10.1. The third-order valence-corrected chi connectivity index (χ3v) is 5.09. The van der Waals surface area contributed by atoms with Crippen LogP contribution in [-0.2, 0) is 18.4 Å². The molecular formula is C20H23N5O2. The van der Waals surface area contributed by atoms with Gasteiger partial charge in [0.15, 0.2) is 0 Å². The van der Waals surface area contributed by atoms with Gasteiger partial charge in [-0.05, 0) is 32.3 Å². The highest BCUT2D eigenvalue weighted by Gasteiger charge is 2.30. The number of carbonyl (C=O) groups is 1. The number of hydrogen-bond acceptors (Lipinski definition) is 4. The maximum absolute atomic E-state index is 12.8. The van der Waals surface area contributed by atoms with Gasteiger partial charge in [0.25, 0.3) is 5.56 Å². The summed E-state index contributed by atoms with van der Waals surface area (Å²) in [5.41, 5.74) is 3.36. The highest BCUT2D eigenvalue weighted by molar-refractivity contribution is 5.81. The number of nitrogens with one attached hydrogen (secondary N) is 1. The predicted octanol–water partition coefficient (Wildman–Crippen LogP) is 2.19. The van der Waals surface area contributed by atoms with Crippen LogP contribution >= 0.6 is 0 Å². The highest BCUT2D eigenvalue weighted by Crippen LogP contribution is 2.41. The van der Waals surface area contributed by atoms with E-state index in [-0.39, 0.29) is 24.1 Å². The Balaban J connectivity index is 1.53. The van der Waals surface area contributed by atoms with Crippen molar-refractivity contribution in [2.75, 3.05) is 0 Å². The molecular weight excluding hydrogens is 342 g/mol. The summed E-state index contributed by atoms with van der Waals surface area (Å²) in [5.74, 6) is 0.186. The van der Waals surface area contributed by atoms with E-state index in [1.807, 2.05) is 38.1 Å². The topological polar surface area (TPSA) is 81.8 Å². The van der Waals surface area contributed by atoms with Crippen LogP contribution in [0.1, 0.15) is 48.5 Å². The van der Waals surface area contributed by atoms with E-state index in [9.17, 15) is 9.59 Å². The van der Waals surface area contributed by atoms with Crippen molar-refractivity contribution in [3.05, 3.63) is 57.6 Å². The minimum absolute atomic E-state index is 0.116. The fourth-order valence-corrected chi connectivity index (χ4v) is 3.38. The van der Waals surface area contributed by atoms with Crippen molar-refractivity contribution in [1.29, 1.82) is 0 Å². The van der Waals surface area contributed by atoms with Crippen LogP contribution in [-0.4, -0.2) is 25.5 Å². The third kappa shape index (κ3) is 3.37. The molecule has 0 aliphatic heterocycles. The van der Waals surface area contributed by atoms with Gasteiger partial charge in [0.05, 0.1) is 17.9 Å². The van der Waals surface area contributed by atoms with Gasteiger partial charge in [0, 0.05) is 18.4 Å². The summed E-state index contributed by atoms with van der Waals surface area (Å²) in [6.07, 6.45) is 3.87. The number of amides is 1. The van der Waals surface area contributed by atoms with Crippen molar-refractivity contribution in [1.82, 2.24) is 24.9 Å². The maximum atomic E-state index is 12.8. The van der Waals surface area contributed by atoms with Gasteiger partial charge in [-0.2, -0.15) is 10.2 Å². The molecule has 1 fully saturated rings. The number of fused-ring (bicyclic) bond motifs is 1. The Morgan fingerprint density at radius 3 is 2.67 bits per heavy atom. The van der Waals surface area contributed by atoms with E-state index in [0.717, 1.165) is 29.5 Å². The van der Waals surface area contributed by atoms with Crippen molar-refractivity contribution >= 4 is 16.8 Å². The van der Waals surface area contributed by atoms with Crippen LogP contribution in [0, 0.1) is 6.92 Å². The van der Waals surface area contributed by atoms with E-state index in [0.29, 0.717) is 11.4 Å². The first-order chi connectivity index (χ1) is 12.9. The van der Waals surface area contributed by atoms with Crippen LogP contribution in [0.3, 0.4) is 0 Å². The van der Waals surface area contributed by atoms with Gasteiger partial charge < -0.3 is 5.32 Å². The molecule has 2 aromatic heterocycles. The molecule has 0 spiro atoms. The monoisotopic (exact) mass is 365 g/mol. The van der Waals surface area contributed by atoms with Gasteiger partial charge in [0.2, 0.25) is 5.91 Å². The van der Waals surface area contributed by atoms with E-state index >= 15 is 0 Å². The van der Waals surface area contributed by atoms with E-state index in [1.165, 1.54) is 10.2 Å². The van der Waals surface area contributed by atoms with Gasteiger partial charge in [0.1, 0.15) is 12.1 Å². The fraction of sp³-hybridized carbons (Fsp3) is 0.400. The van der Waals surface area contributed by atoms with E-state index in [2.05, 4.69) is 15.5 Å². The zero-order valence-corrected chi connectivity index (χ0v) is 15.8. The predicted molar refractivity (Wildman–Crippen MR) is 102 cm³/mol. The Bertz CT molecular complexity index is 1060. The molecule has 7 heteroatoms. The number of rotatable bonds is 5. The summed E-state index contributed by atoms with van der Waals surface area (Å²) in [5, 5.41) is 12.4. The Morgan fingerprint density at radius 2 is 2.00 bits per heavy atom. The average Bonchev–Trinajstić information content (AvgIpc) is 3.41. The smallest absolute Gasteiger partial charge is 0.293 e. The molecule has 0 unspecified atom stereocenters. The largest absolute Gasteiger partial charge is 0.348 e. The first kappa shape index (κ1) is 17.5. The molecule has 1 saturated carbocycles. The van der Waals surface area contributed by atoms with Crippen LogP contribution in [0.4, 0.5) is 0 Å². The van der Waals surface area contributed by atoms with Gasteiger partial charge in [-0.15, -0.1) is 0 Å². The van der Waals surface area contributed by atoms with Crippen molar-refractivity contribution in [2.24, 2.45) is 7.05 Å². The Labute approximate surface area is 157 Å². The van der Waals surface area contributed by atoms with Crippen molar-refractivity contribution in [3.63, 3.8) is 0 Å². The number of aromatic nitrogens is 4. The van der Waals surface area contributed by atoms with E-state index < -0.39 is 0 Å². The van der Waals surface area contributed by atoms with Gasteiger partial charge in [-0.3, -0.25) is 14.3 Å². The zero-order chi connectivity index (χ0) is 19.1. The van der Waals surface area contributed by atoms with Crippen LogP contribution < -0.4 is 10.9 Å². The summed E-state index contributed by atoms with van der Waals surface area (Å²) >= 11 is 0. The molecule has 27 heavy (non-hydrogen) atoms. The van der Waals surface area contributed by atoms with Gasteiger partial charge >= 0.3 is 0 Å². The van der Waals surface area contributed by atoms with Crippen LogP contribution in [0.2, 0.25) is 0 Å². The van der Waals surface area contributed by atoms with Crippen molar-refractivity contribution < 1.29 is 4.79 Å². The van der Waals surface area contributed by atoms with Crippen LogP contribution in [0.25, 0.3) is 10.9 Å². The van der Waals surface area contributed by atoms with E-state index in [4.69, 9.17) is 0 Å². The molecule has 1 atom stereocenters. The number of carbonyl (C=O) groups excluding carboxylic acids is 1. The van der Waals surface area contributed by atoms with E-state index in [1.54, 1.807) is 17.9 Å². The van der Waals surface area contributed by atoms with Crippen molar-refractivity contribution in [2.45, 2.75) is 45.2 Å². The van der Waals surface area contributed by atoms with Gasteiger partial charge in [-0.25, -0.2) is 4.68 Å². The first-order valence-corrected chi connectivity index (χ1v) is 9.22. The quantitative estimate of drug-likeness (QED) is 0.751. The van der Waals surface area contributed by atoms with Crippen molar-refractivity contribution in [3.8, 4) is 0 Å². The zero-order valence-electron chi connectivity index (χ0n) is 15.8. The summed E-state index contributed by atoms with van der Waals surface area (Å²) in [6, 6.07) is 7.86. The molecule has 1 N–H and O–H groups in total. The third-order valence-electron chi connectivity index (χ3n) is 5.09. The standard InChI is InChI=1S/C20H23N5O2/c1-12-4-6-14(7-5-12)13(2)22-17(26)11-25-20(27)19-16(10-21-25)18(15-8-9-15)23-24(19)3/h4-7,10,13,15H,8-9,11H2,1-3H3,(H,22,26)/t13-/m0/s1. The number of aryl methyl sites for hydroxylation is 2. The lowest BCUT2D eigenvalue weighted by Crippen LogP contribution is -2.35. The number of nitrogens with zero attached hydrogens (tertiary/aromatic N) is 4. The molecule has 1 aliphatic rings. The lowest BCUT2D eigenvalue weighted by Gasteiger charge is -2.15. The molecule has 0 radical (unpaired) electrons. The second-order valence-corrected chi connectivity index (χ2v) is 7.35. The molecule has 1 aliphatic carbocycles. The summed E-state index contributed by atoms with van der Waals surface area (Å²) in [4.78, 5) is 25.2. The molecule has 0 saturated heterocycles. The van der Waals surface area contributed by atoms with Crippen LogP contribution in [0.15, 0.2) is 35.3 Å². The summed E-state index contributed by atoms with van der Waals surface area (Å²) in [7, 11) is 1.76. The Hall–Kier alpha value is -2.96. The van der Waals surface area contributed by atoms with Gasteiger partial charge in [-0.1, -0.05) is 29.8 Å². The molecule has 2 heterocycles. The summed E-state index contributed by atoms with van der Waals surface area (Å²) < 4.78 is 2.81. The second kappa shape index (κ2) is 6.64. The highest BCUT2D eigenvalue weighted by atomic mass is 16.2. The normalized spacial score (nSPS) is 15.1. The minimum Gasteiger partial charge on any atom is -0.348 e. The molecule has 4 rings (SSSR count). The average molecular weight is 365 g/mol. The van der Waals surface area contributed by atoms with Crippen LogP contribution in [0.5, 0.6) is 0 Å². The summed E-state index contributed by atoms with van der Waals surface area (Å²) in [6.45, 7) is 3.83. The second-order valence-electron chi connectivity index (χ2n) is 7.35. The molecule has 140 valence electrons. The molecule has 3 aromatic rings. The Kier molecular flexibility index (Phi) is 4.30. The molecule has 7 nitrogen and oxygen atoms in total. The maximum Gasteiger partial charge on any atom is 0.293 e. The Morgan fingerprint density at radius 1 is 1.30 bits per heavy atom. The molecule has 1 aromatic carbocycles. The minimum atomic E-state index is -0.285.